The molecule has 3 aromatic carbocycles. The number of benzene rings is 3. The molecule has 1 fully saturated rings. The van der Waals surface area contributed by atoms with Gasteiger partial charge in [-0.3, -0.25) is 9.59 Å². The number of Topliss-reactive ketones (excluding diaryl/α,β-unsaturated/α-hetero) is 1. The normalized spacial score (nSPS) is 19.0. The highest BCUT2D eigenvalue weighted by Gasteiger charge is 2.38. The fraction of sp³-hybridized carbons (Fsp3) is 0.524. The van der Waals surface area contributed by atoms with Crippen molar-refractivity contribution in [2.24, 2.45) is 11.8 Å². The molecule has 48 heavy (non-hydrogen) atoms. The molecular weight excluding hydrogens is 598 g/mol. The first kappa shape index (κ1) is 35.8. The summed E-state index contributed by atoms with van der Waals surface area (Å²) in [5.41, 5.74) is 4.08. The number of fused-ring (bicyclic) bond motifs is 1. The number of hydrogen-bond donors (Lipinski definition) is 2. The summed E-state index contributed by atoms with van der Waals surface area (Å²) in [4.78, 5) is 28.9. The number of unbranched alkanes of at least 4 members (excludes halogenated alkanes) is 2. The van der Waals surface area contributed by atoms with Crippen molar-refractivity contribution in [3.8, 4) is 5.75 Å². The van der Waals surface area contributed by atoms with Gasteiger partial charge in [-0.2, -0.15) is 0 Å². The smallest absolute Gasteiger partial charge is 0.223 e. The summed E-state index contributed by atoms with van der Waals surface area (Å²) in [7, 11) is 0. The Morgan fingerprint density at radius 1 is 0.875 bits per heavy atom. The minimum absolute atomic E-state index is 0.0927. The lowest BCUT2D eigenvalue weighted by atomic mass is 9.78. The van der Waals surface area contributed by atoms with Gasteiger partial charge in [-0.15, -0.1) is 0 Å². The Labute approximate surface area is 287 Å². The second-order valence-electron chi connectivity index (χ2n) is 14.2. The zero-order valence-electron chi connectivity index (χ0n) is 28.8. The van der Waals surface area contributed by atoms with Crippen LogP contribution in [0.5, 0.6) is 5.75 Å². The van der Waals surface area contributed by atoms with E-state index in [1.807, 2.05) is 78.9 Å². The Balaban J connectivity index is 1.27. The van der Waals surface area contributed by atoms with Gasteiger partial charge in [0.15, 0.2) is 0 Å². The van der Waals surface area contributed by atoms with Crippen molar-refractivity contribution in [1.29, 1.82) is 0 Å². The third-order valence-electron chi connectivity index (χ3n) is 10.5. The van der Waals surface area contributed by atoms with Crippen LogP contribution in [0.25, 0.3) is 0 Å². The molecule has 4 atom stereocenters. The number of ketones is 1. The molecule has 6 nitrogen and oxygen atoms in total. The highest BCUT2D eigenvalue weighted by molar-refractivity contribution is 5.79. The van der Waals surface area contributed by atoms with E-state index in [0.717, 1.165) is 66.5 Å². The summed E-state index contributed by atoms with van der Waals surface area (Å²) in [6.45, 7) is 2.95. The van der Waals surface area contributed by atoms with Crippen LogP contribution in [0, 0.1) is 11.8 Å². The number of hydrogen-bond acceptors (Lipinski definition) is 5. The Hall–Kier alpha value is -3.48. The Morgan fingerprint density at radius 3 is 2.35 bits per heavy atom. The average Bonchev–Trinajstić information content (AvgIpc) is 3.45. The maximum Gasteiger partial charge on any atom is 0.223 e. The first-order valence-corrected chi connectivity index (χ1v) is 18.4. The molecule has 2 aliphatic carbocycles. The molecule has 3 aromatic rings. The molecule has 258 valence electrons. The zero-order chi connectivity index (χ0) is 33.7. The van der Waals surface area contributed by atoms with E-state index in [2.05, 4.69) is 6.92 Å². The molecule has 0 radical (unpaired) electrons. The first-order valence-electron chi connectivity index (χ1n) is 18.4. The number of carbonyl (C=O) groups excluding carboxylic acids is 2. The van der Waals surface area contributed by atoms with E-state index < -0.39 is 18.2 Å². The van der Waals surface area contributed by atoms with Gasteiger partial charge in [0.2, 0.25) is 5.91 Å². The van der Waals surface area contributed by atoms with Crippen molar-refractivity contribution < 1.29 is 24.5 Å². The van der Waals surface area contributed by atoms with Crippen LogP contribution in [0.3, 0.4) is 0 Å². The molecule has 0 heterocycles. The molecule has 1 saturated carbocycles. The van der Waals surface area contributed by atoms with E-state index in [1.165, 1.54) is 19.3 Å². The van der Waals surface area contributed by atoms with E-state index in [9.17, 15) is 19.8 Å². The van der Waals surface area contributed by atoms with Crippen LogP contribution < -0.4 is 4.74 Å². The van der Waals surface area contributed by atoms with Gasteiger partial charge in [-0.25, -0.2) is 0 Å². The first-order chi connectivity index (χ1) is 23.4. The van der Waals surface area contributed by atoms with Crippen LogP contribution in [0.2, 0.25) is 0 Å². The number of aliphatic hydroxyl groups excluding tert-OH is 2. The minimum Gasteiger partial charge on any atom is -0.489 e. The van der Waals surface area contributed by atoms with E-state index in [-0.39, 0.29) is 24.0 Å². The van der Waals surface area contributed by atoms with Crippen molar-refractivity contribution in [2.75, 3.05) is 0 Å². The quantitative estimate of drug-likeness (QED) is 0.134. The number of rotatable bonds is 18. The van der Waals surface area contributed by atoms with Crippen LogP contribution in [-0.4, -0.2) is 39.0 Å². The SMILES string of the molecule is CCCCCC(=O)C[C@@H](CC1CCCCC1)[C@@H](O)CCC(=O)N(Cc1ccc(OCc2ccccc2)cc1)[C@H]1c2ccccc2C[C@H]1O. The van der Waals surface area contributed by atoms with Gasteiger partial charge in [0, 0.05) is 32.2 Å². The molecule has 0 aliphatic heterocycles. The molecule has 2 N–H and O–H groups in total. The highest BCUT2D eigenvalue weighted by Crippen LogP contribution is 2.38. The van der Waals surface area contributed by atoms with Gasteiger partial charge in [0.05, 0.1) is 18.2 Å². The van der Waals surface area contributed by atoms with Gasteiger partial charge in [-0.05, 0) is 65.5 Å². The third-order valence-corrected chi connectivity index (χ3v) is 10.5. The predicted octanol–water partition coefficient (Wildman–Crippen LogP) is 8.52. The van der Waals surface area contributed by atoms with Crippen LogP contribution >= 0.6 is 0 Å². The lowest BCUT2D eigenvalue weighted by molar-refractivity contribution is -0.137. The Morgan fingerprint density at radius 2 is 1.60 bits per heavy atom. The fourth-order valence-electron chi connectivity index (χ4n) is 7.74. The van der Waals surface area contributed by atoms with Crippen LogP contribution in [-0.2, 0) is 29.2 Å². The monoisotopic (exact) mass is 653 g/mol. The van der Waals surface area contributed by atoms with E-state index in [0.29, 0.717) is 44.8 Å². The van der Waals surface area contributed by atoms with Gasteiger partial charge in [0.25, 0.3) is 0 Å². The van der Waals surface area contributed by atoms with Crippen LogP contribution in [0.15, 0.2) is 78.9 Å². The largest absolute Gasteiger partial charge is 0.489 e. The van der Waals surface area contributed by atoms with Crippen molar-refractivity contribution >= 4 is 11.7 Å². The van der Waals surface area contributed by atoms with Crippen molar-refractivity contribution in [3.63, 3.8) is 0 Å². The minimum atomic E-state index is -0.713. The van der Waals surface area contributed by atoms with Gasteiger partial charge < -0.3 is 19.8 Å². The standard InChI is InChI=1S/C42H55NO5/c1-2-3-6-18-36(44)27-35(26-31-13-7-4-8-14-31)39(45)24-25-41(47)43(42-38-19-12-11-17-34(38)28-40(42)46)29-32-20-22-37(23-21-32)48-30-33-15-9-5-10-16-33/h5,9-12,15-17,19-23,31,35,39-40,42,45-46H,2-4,6-8,13-14,18,24-30H2,1H3/t35-,39+,40-,42+/m1/s1. The predicted molar refractivity (Wildman–Crippen MR) is 190 cm³/mol. The highest BCUT2D eigenvalue weighted by atomic mass is 16.5. The molecule has 0 saturated heterocycles. The second-order valence-corrected chi connectivity index (χ2v) is 14.2. The van der Waals surface area contributed by atoms with Gasteiger partial charge in [-0.1, -0.05) is 119 Å². The maximum absolute atomic E-state index is 14.1. The summed E-state index contributed by atoms with van der Waals surface area (Å²) < 4.78 is 5.99. The topological polar surface area (TPSA) is 87.1 Å². The molecule has 0 unspecified atom stereocenters. The molecular formula is C42H55NO5. The third kappa shape index (κ3) is 10.3. The summed E-state index contributed by atoms with van der Waals surface area (Å²) in [6, 6.07) is 25.4. The summed E-state index contributed by atoms with van der Waals surface area (Å²) in [5, 5.41) is 22.8. The Kier molecular flexibility index (Phi) is 13.7. The average molecular weight is 654 g/mol. The number of carbonyl (C=O) groups is 2. The fourth-order valence-corrected chi connectivity index (χ4v) is 7.74. The maximum atomic E-state index is 14.1. The summed E-state index contributed by atoms with van der Waals surface area (Å²) >= 11 is 0. The van der Waals surface area contributed by atoms with Crippen molar-refractivity contribution in [1.82, 2.24) is 4.90 Å². The van der Waals surface area contributed by atoms with E-state index in [1.54, 1.807) is 4.90 Å². The lowest BCUT2D eigenvalue weighted by Crippen LogP contribution is -2.39. The molecule has 0 aromatic heterocycles. The molecule has 2 aliphatic rings. The summed E-state index contributed by atoms with van der Waals surface area (Å²) in [6.07, 6.45) is 10.4. The number of ether oxygens (including phenoxy) is 1. The zero-order valence-corrected chi connectivity index (χ0v) is 28.8. The molecule has 6 heteroatoms. The molecule has 0 spiro atoms. The molecule has 5 rings (SSSR count). The van der Waals surface area contributed by atoms with Crippen LogP contribution in [0.1, 0.15) is 119 Å². The van der Waals surface area contributed by atoms with Gasteiger partial charge in [0.1, 0.15) is 18.1 Å². The molecule has 1 amide bonds. The number of nitrogens with zero attached hydrogens (tertiary/aromatic N) is 1. The lowest BCUT2D eigenvalue weighted by Gasteiger charge is -2.33. The van der Waals surface area contributed by atoms with E-state index >= 15 is 0 Å². The molecule has 0 bridgehead atoms. The van der Waals surface area contributed by atoms with Crippen molar-refractivity contribution in [3.05, 3.63) is 101 Å². The number of amides is 1. The van der Waals surface area contributed by atoms with E-state index in [4.69, 9.17) is 4.74 Å². The van der Waals surface area contributed by atoms with Crippen molar-refractivity contribution in [2.45, 2.75) is 128 Å². The Bertz CT molecular complexity index is 1420. The summed E-state index contributed by atoms with van der Waals surface area (Å²) in [5.74, 6) is 1.31. The second kappa shape index (κ2) is 18.3. The van der Waals surface area contributed by atoms with Crippen LogP contribution in [0.4, 0.5) is 0 Å². The number of aliphatic hydroxyl groups is 2. The van der Waals surface area contributed by atoms with Gasteiger partial charge >= 0.3 is 0 Å².